The molecule has 0 aliphatic heterocycles. The number of carbonyl (C=O) groups excluding carboxylic acids is 1. The number of amides is 1. The summed E-state index contributed by atoms with van der Waals surface area (Å²) in [6, 6.07) is 21.5. The molecule has 4 rings (SSSR count). The summed E-state index contributed by atoms with van der Waals surface area (Å²) in [6.07, 6.45) is -3.41. The highest BCUT2D eigenvalue weighted by molar-refractivity contribution is 5.94. The molecule has 0 fully saturated rings. The molecular weight excluding hydrogens is 501 g/mol. The Bertz CT molecular complexity index is 1380. The summed E-state index contributed by atoms with van der Waals surface area (Å²) in [5.41, 5.74) is 6.98. The van der Waals surface area contributed by atoms with Gasteiger partial charge in [-0.05, 0) is 60.5 Å². The fourth-order valence-corrected chi connectivity index (χ4v) is 3.71. The van der Waals surface area contributed by atoms with Gasteiger partial charge in [-0.15, -0.1) is 13.2 Å². The second-order valence-electron chi connectivity index (χ2n) is 8.31. The number of aromatic carboxylic acids is 1. The van der Waals surface area contributed by atoms with E-state index >= 15 is 0 Å². The van der Waals surface area contributed by atoms with Crippen molar-refractivity contribution in [1.82, 2.24) is 4.57 Å². The predicted octanol–water partition coefficient (Wildman–Crippen LogP) is 6.14. The number of primary amides is 1. The van der Waals surface area contributed by atoms with Gasteiger partial charge in [0.25, 0.3) is 0 Å². The number of alkyl halides is 3. The number of nitrogens with two attached hydrogens (primary N) is 1. The van der Waals surface area contributed by atoms with Crippen LogP contribution < -0.4 is 15.2 Å². The fraction of sp³-hybridized carbons (Fsp3) is 0.214. The van der Waals surface area contributed by atoms with Crippen molar-refractivity contribution in [3.05, 3.63) is 95.7 Å². The van der Waals surface area contributed by atoms with Crippen molar-refractivity contribution >= 4 is 22.8 Å². The third-order valence-electron chi connectivity index (χ3n) is 5.33. The van der Waals surface area contributed by atoms with Gasteiger partial charge in [-0.3, -0.25) is 4.79 Å². The van der Waals surface area contributed by atoms with Gasteiger partial charge in [0.15, 0.2) is 0 Å². The third kappa shape index (κ3) is 8.29. The number of para-hydroxylation sites is 1. The van der Waals surface area contributed by atoms with E-state index < -0.39 is 12.3 Å². The average Bonchev–Trinajstić information content (AvgIpc) is 3.19. The number of ether oxygens (including phenoxy) is 2. The second-order valence-corrected chi connectivity index (χ2v) is 8.31. The normalized spacial score (nSPS) is 10.9. The molecule has 0 bridgehead atoms. The van der Waals surface area contributed by atoms with E-state index in [9.17, 15) is 27.9 Å². The van der Waals surface area contributed by atoms with E-state index in [1.54, 1.807) is 18.2 Å². The Hall–Kier alpha value is -4.47. The molecular formula is C28H27F3N2O5. The molecule has 0 aliphatic carbocycles. The topological polar surface area (TPSA) is 104 Å². The minimum absolute atomic E-state index is 0.144. The zero-order valence-electron chi connectivity index (χ0n) is 20.6. The van der Waals surface area contributed by atoms with E-state index in [0.29, 0.717) is 23.1 Å². The van der Waals surface area contributed by atoms with Gasteiger partial charge >= 0.3 is 12.3 Å². The lowest BCUT2D eigenvalue weighted by Crippen LogP contribution is -2.17. The van der Waals surface area contributed by atoms with Gasteiger partial charge in [0.2, 0.25) is 5.91 Å². The van der Waals surface area contributed by atoms with E-state index in [4.69, 9.17) is 10.5 Å². The van der Waals surface area contributed by atoms with Gasteiger partial charge in [0.05, 0.1) is 11.3 Å². The Kier molecular flexibility index (Phi) is 9.37. The third-order valence-corrected chi connectivity index (χ3v) is 5.33. The summed E-state index contributed by atoms with van der Waals surface area (Å²) < 4.78 is 49.6. The van der Waals surface area contributed by atoms with Gasteiger partial charge in [-0.2, -0.15) is 0 Å². The predicted molar refractivity (Wildman–Crippen MR) is 136 cm³/mol. The van der Waals surface area contributed by atoms with E-state index in [-0.39, 0.29) is 30.4 Å². The number of benzene rings is 3. The van der Waals surface area contributed by atoms with Crippen LogP contribution in [0.1, 0.15) is 41.4 Å². The van der Waals surface area contributed by atoms with Crippen LogP contribution in [-0.4, -0.2) is 27.9 Å². The van der Waals surface area contributed by atoms with Crippen molar-refractivity contribution in [2.24, 2.45) is 5.73 Å². The number of carbonyl (C=O) groups is 2. The molecule has 10 heteroatoms. The SMILES string of the molecule is CCCC(N)=O.O=C(O)c1ccc2c(c1)cc(COc1ccccc1)n2Cc1cccc(OC(F)(F)F)c1. The highest BCUT2D eigenvalue weighted by Gasteiger charge is 2.31. The number of carboxylic acid groups (broad SMARTS) is 1. The summed E-state index contributed by atoms with van der Waals surface area (Å²) in [6.45, 7) is 2.36. The Balaban J connectivity index is 0.000000599. The van der Waals surface area contributed by atoms with Gasteiger partial charge in [0.1, 0.15) is 18.1 Å². The molecule has 0 atom stereocenters. The van der Waals surface area contributed by atoms with Crippen molar-refractivity contribution in [3.63, 3.8) is 0 Å². The molecule has 3 aromatic carbocycles. The summed E-state index contributed by atoms with van der Waals surface area (Å²) >= 11 is 0. The van der Waals surface area contributed by atoms with E-state index in [1.165, 1.54) is 24.3 Å². The second kappa shape index (κ2) is 12.7. The highest BCUT2D eigenvalue weighted by atomic mass is 19.4. The first-order chi connectivity index (χ1) is 18.1. The minimum Gasteiger partial charge on any atom is -0.487 e. The molecule has 1 amide bonds. The molecule has 4 aromatic rings. The maximum atomic E-state index is 12.6. The minimum atomic E-state index is -4.78. The van der Waals surface area contributed by atoms with Crippen molar-refractivity contribution < 1.29 is 37.3 Å². The zero-order valence-corrected chi connectivity index (χ0v) is 20.6. The van der Waals surface area contributed by atoms with E-state index in [0.717, 1.165) is 17.6 Å². The quantitative estimate of drug-likeness (QED) is 0.272. The Morgan fingerprint density at radius 1 is 0.947 bits per heavy atom. The highest BCUT2D eigenvalue weighted by Crippen LogP contribution is 2.27. The first-order valence-electron chi connectivity index (χ1n) is 11.7. The van der Waals surface area contributed by atoms with Gasteiger partial charge in [-0.25, -0.2) is 4.79 Å². The summed E-state index contributed by atoms with van der Waals surface area (Å²) in [4.78, 5) is 21.2. The molecule has 0 saturated heterocycles. The molecule has 7 nitrogen and oxygen atoms in total. The monoisotopic (exact) mass is 528 g/mol. The van der Waals surface area contributed by atoms with Crippen LogP contribution in [0.2, 0.25) is 0 Å². The van der Waals surface area contributed by atoms with Crippen LogP contribution in [0.4, 0.5) is 13.2 Å². The van der Waals surface area contributed by atoms with Crippen LogP contribution in [0.25, 0.3) is 10.9 Å². The number of hydrogen-bond donors (Lipinski definition) is 2. The van der Waals surface area contributed by atoms with E-state index in [2.05, 4.69) is 4.74 Å². The van der Waals surface area contributed by atoms with Crippen LogP contribution in [0.5, 0.6) is 11.5 Å². The lowest BCUT2D eigenvalue weighted by atomic mass is 10.1. The standard InChI is InChI=1S/C24H18F3NO4.C4H9NO/c25-24(26,27)32-21-8-4-5-16(11-21)14-28-19(15-31-20-6-2-1-3-7-20)13-18-12-17(23(29)30)9-10-22(18)28;1-2-3-4(5)6/h1-13H,14-15H2,(H,29,30);2-3H2,1H3,(H2,5,6). The smallest absolute Gasteiger partial charge is 0.487 e. The number of fused-ring (bicyclic) bond motifs is 1. The number of halogens is 3. The Morgan fingerprint density at radius 2 is 1.66 bits per heavy atom. The average molecular weight is 529 g/mol. The zero-order chi connectivity index (χ0) is 27.7. The molecule has 1 heterocycles. The molecule has 0 radical (unpaired) electrons. The van der Waals surface area contributed by atoms with Crippen LogP contribution in [0.3, 0.4) is 0 Å². The lowest BCUT2D eigenvalue weighted by Gasteiger charge is -2.14. The molecule has 0 saturated carbocycles. The fourth-order valence-electron chi connectivity index (χ4n) is 3.71. The van der Waals surface area contributed by atoms with E-state index in [1.807, 2.05) is 47.9 Å². The Labute approximate surface area is 217 Å². The van der Waals surface area contributed by atoms with Crippen molar-refractivity contribution in [1.29, 1.82) is 0 Å². The lowest BCUT2D eigenvalue weighted by molar-refractivity contribution is -0.274. The number of aromatic nitrogens is 1. The van der Waals surface area contributed by atoms with Crippen LogP contribution in [0, 0.1) is 0 Å². The largest absolute Gasteiger partial charge is 0.573 e. The molecule has 38 heavy (non-hydrogen) atoms. The van der Waals surface area contributed by atoms with Crippen molar-refractivity contribution in [2.75, 3.05) is 0 Å². The maximum Gasteiger partial charge on any atom is 0.573 e. The molecule has 200 valence electrons. The van der Waals surface area contributed by atoms with Crippen molar-refractivity contribution in [3.8, 4) is 11.5 Å². The van der Waals surface area contributed by atoms with Crippen LogP contribution >= 0.6 is 0 Å². The number of hydrogen-bond acceptors (Lipinski definition) is 4. The molecule has 0 aliphatic rings. The first-order valence-corrected chi connectivity index (χ1v) is 11.7. The van der Waals surface area contributed by atoms with Gasteiger partial charge in [0, 0.05) is 23.9 Å². The molecule has 0 spiro atoms. The summed E-state index contributed by atoms with van der Waals surface area (Å²) in [5, 5.41) is 9.99. The molecule has 1 aromatic heterocycles. The van der Waals surface area contributed by atoms with Gasteiger partial charge in [-0.1, -0.05) is 37.3 Å². The van der Waals surface area contributed by atoms with Crippen LogP contribution in [-0.2, 0) is 17.9 Å². The number of rotatable bonds is 9. The van der Waals surface area contributed by atoms with Crippen molar-refractivity contribution in [2.45, 2.75) is 39.3 Å². The molecule has 0 unspecified atom stereocenters. The Morgan fingerprint density at radius 3 is 2.26 bits per heavy atom. The maximum absolute atomic E-state index is 12.6. The number of nitrogens with zero attached hydrogens (tertiary/aromatic N) is 1. The summed E-state index contributed by atoms with van der Waals surface area (Å²) in [7, 11) is 0. The number of carboxylic acids is 1. The first kappa shape index (κ1) is 28.1. The molecule has 3 N–H and O–H groups in total. The van der Waals surface area contributed by atoms with Crippen LogP contribution in [0.15, 0.2) is 78.9 Å². The summed E-state index contributed by atoms with van der Waals surface area (Å²) in [5.74, 6) is -0.894. The van der Waals surface area contributed by atoms with Gasteiger partial charge < -0.3 is 24.9 Å².